The molecular weight excluding hydrogens is 476 g/mol. The minimum Gasteiger partial charge on any atom is -0.462 e. The number of nitrogens with zero attached hydrogens (tertiary/aromatic N) is 1. The lowest BCUT2D eigenvalue weighted by Gasteiger charge is -2.35. The number of hydrogen-bond donors (Lipinski definition) is 3. The Morgan fingerprint density at radius 2 is 1.64 bits per heavy atom. The van der Waals surface area contributed by atoms with E-state index >= 15 is 0 Å². The summed E-state index contributed by atoms with van der Waals surface area (Å²) in [5.41, 5.74) is 2.99. The summed E-state index contributed by atoms with van der Waals surface area (Å²) in [7, 11) is 0. The molecule has 2 aromatic rings. The molecule has 1 aliphatic rings. The van der Waals surface area contributed by atoms with E-state index < -0.39 is 12.0 Å². The summed E-state index contributed by atoms with van der Waals surface area (Å²) < 4.78 is 5.53. The maximum Gasteiger partial charge on any atom is 0.338 e. The molecule has 0 aromatic heterocycles. The van der Waals surface area contributed by atoms with Crippen LogP contribution in [0.1, 0.15) is 45.7 Å². The van der Waals surface area contributed by atoms with Crippen LogP contribution in [-0.2, 0) is 9.53 Å². The van der Waals surface area contributed by atoms with Crippen molar-refractivity contribution < 1.29 is 19.1 Å². The van der Waals surface area contributed by atoms with Crippen LogP contribution in [0, 0.1) is 5.92 Å². The Hall–Kier alpha value is -3.46. The fraction of sp³-hybridized carbons (Fsp3) is 0.370. The molecule has 0 spiro atoms. The number of carbonyl (C=O) groups excluding carboxylic acids is 3. The molecule has 0 saturated carbocycles. The van der Waals surface area contributed by atoms with Gasteiger partial charge in [-0.15, -0.1) is 11.8 Å². The van der Waals surface area contributed by atoms with Crippen molar-refractivity contribution in [1.82, 2.24) is 10.2 Å². The molecule has 9 heteroatoms. The SMILES string of the molecule is CCCN1C(=O)NC(c2ccc(NC(=O)Nc3ccc(SC)cc3)cc2)C(C(=O)OCC(C)C)=C1C. The second kappa shape index (κ2) is 12.5. The third kappa shape index (κ3) is 6.81. The van der Waals surface area contributed by atoms with E-state index in [2.05, 4.69) is 16.0 Å². The van der Waals surface area contributed by atoms with Gasteiger partial charge in [0.25, 0.3) is 0 Å². The highest BCUT2D eigenvalue weighted by Crippen LogP contribution is 2.32. The highest BCUT2D eigenvalue weighted by molar-refractivity contribution is 7.98. The van der Waals surface area contributed by atoms with Crippen LogP contribution in [-0.4, -0.2) is 42.3 Å². The molecule has 3 rings (SSSR count). The Balaban J connectivity index is 1.77. The molecule has 0 saturated heterocycles. The fourth-order valence-electron chi connectivity index (χ4n) is 3.84. The van der Waals surface area contributed by atoms with Gasteiger partial charge in [0.05, 0.1) is 18.2 Å². The van der Waals surface area contributed by atoms with E-state index in [1.807, 2.05) is 51.3 Å². The highest BCUT2D eigenvalue weighted by atomic mass is 32.2. The van der Waals surface area contributed by atoms with Crippen LogP contribution in [0.25, 0.3) is 0 Å². The molecule has 1 aliphatic heterocycles. The summed E-state index contributed by atoms with van der Waals surface area (Å²) in [5.74, 6) is -0.250. The van der Waals surface area contributed by atoms with Gasteiger partial charge in [0.2, 0.25) is 0 Å². The van der Waals surface area contributed by atoms with E-state index in [1.54, 1.807) is 47.9 Å². The molecular formula is C27H34N4O4S. The molecule has 2 aromatic carbocycles. The largest absolute Gasteiger partial charge is 0.462 e. The van der Waals surface area contributed by atoms with E-state index in [9.17, 15) is 14.4 Å². The van der Waals surface area contributed by atoms with Gasteiger partial charge in [0, 0.05) is 28.5 Å². The van der Waals surface area contributed by atoms with E-state index in [-0.39, 0.29) is 18.0 Å². The summed E-state index contributed by atoms with van der Waals surface area (Å²) in [5, 5.41) is 8.55. The smallest absolute Gasteiger partial charge is 0.338 e. The first-order valence-corrected chi connectivity index (χ1v) is 13.2. The zero-order valence-electron chi connectivity index (χ0n) is 21.4. The second-order valence-corrected chi connectivity index (χ2v) is 9.83. The second-order valence-electron chi connectivity index (χ2n) is 8.96. The highest BCUT2D eigenvalue weighted by Gasteiger charge is 2.36. The van der Waals surface area contributed by atoms with Gasteiger partial charge in [-0.3, -0.25) is 4.90 Å². The lowest BCUT2D eigenvalue weighted by molar-refractivity contribution is -0.140. The predicted molar refractivity (Wildman–Crippen MR) is 144 cm³/mol. The zero-order chi connectivity index (χ0) is 26.2. The van der Waals surface area contributed by atoms with Crippen molar-refractivity contribution in [2.24, 2.45) is 5.92 Å². The summed E-state index contributed by atoms with van der Waals surface area (Å²) in [6, 6.07) is 13.3. The third-order valence-electron chi connectivity index (χ3n) is 5.66. The third-order valence-corrected chi connectivity index (χ3v) is 6.40. The number of thioether (sulfide) groups is 1. The Labute approximate surface area is 216 Å². The molecule has 1 atom stereocenters. The number of anilines is 2. The molecule has 0 bridgehead atoms. The molecule has 1 unspecified atom stereocenters. The first-order valence-electron chi connectivity index (χ1n) is 12.0. The molecule has 1 heterocycles. The Morgan fingerprint density at radius 3 is 2.17 bits per heavy atom. The van der Waals surface area contributed by atoms with Crippen molar-refractivity contribution in [3.63, 3.8) is 0 Å². The standard InChI is InChI=1S/C27H34N4O4S/c1-6-15-31-18(4)23(25(32)35-16-17(2)3)24(30-27(31)34)19-7-9-20(10-8-19)28-26(33)29-21-11-13-22(36-5)14-12-21/h7-14,17,24H,6,15-16H2,1-5H3,(H,30,34)(H2,28,29,33). The maximum atomic E-state index is 13.1. The normalized spacial score (nSPS) is 15.6. The van der Waals surface area contributed by atoms with Crippen LogP contribution in [0.3, 0.4) is 0 Å². The van der Waals surface area contributed by atoms with Crippen LogP contribution in [0.2, 0.25) is 0 Å². The van der Waals surface area contributed by atoms with E-state index in [1.165, 1.54) is 0 Å². The van der Waals surface area contributed by atoms with Crippen molar-refractivity contribution in [1.29, 1.82) is 0 Å². The number of carbonyl (C=O) groups is 3. The minimum atomic E-state index is -0.650. The summed E-state index contributed by atoms with van der Waals surface area (Å²) in [4.78, 5) is 41.0. The molecule has 192 valence electrons. The van der Waals surface area contributed by atoms with Gasteiger partial charge in [-0.1, -0.05) is 32.9 Å². The summed E-state index contributed by atoms with van der Waals surface area (Å²) in [6.07, 6.45) is 2.75. The summed E-state index contributed by atoms with van der Waals surface area (Å²) >= 11 is 1.63. The predicted octanol–water partition coefficient (Wildman–Crippen LogP) is 6.00. The molecule has 36 heavy (non-hydrogen) atoms. The number of hydrogen-bond acceptors (Lipinski definition) is 5. The Bertz CT molecular complexity index is 1110. The monoisotopic (exact) mass is 510 g/mol. The molecule has 0 radical (unpaired) electrons. The van der Waals surface area contributed by atoms with Crippen molar-refractivity contribution in [3.8, 4) is 0 Å². The molecule has 0 fully saturated rings. The number of benzene rings is 2. The van der Waals surface area contributed by atoms with Crippen molar-refractivity contribution in [2.45, 2.75) is 45.1 Å². The van der Waals surface area contributed by atoms with E-state index in [0.29, 0.717) is 41.4 Å². The first kappa shape index (κ1) is 27.1. The minimum absolute atomic E-state index is 0.193. The van der Waals surface area contributed by atoms with Gasteiger partial charge in [-0.2, -0.15) is 0 Å². The van der Waals surface area contributed by atoms with Crippen LogP contribution in [0.4, 0.5) is 21.0 Å². The average Bonchev–Trinajstić information content (AvgIpc) is 2.85. The number of amides is 4. The van der Waals surface area contributed by atoms with Crippen LogP contribution in [0.15, 0.2) is 64.7 Å². The molecule has 8 nitrogen and oxygen atoms in total. The lowest BCUT2D eigenvalue weighted by atomic mass is 9.94. The average molecular weight is 511 g/mol. The van der Waals surface area contributed by atoms with Gasteiger partial charge in [0.15, 0.2) is 0 Å². The maximum absolute atomic E-state index is 13.1. The summed E-state index contributed by atoms with van der Waals surface area (Å²) in [6.45, 7) is 8.49. The molecule has 4 amide bonds. The van der Waals surface area contributed by atoms with Crippen molar-refractivity contribution >= 4 is 41.2 Å². The number of ether oxygens (including phenoxy) is 1. The van der Waals surface area contributed by atoms with E-state index in [4.69, 9.17) is 4.74 Å². The number of esters is 1. The van der Waals surface area contributed by atoms with Crippen LogP contribution < -0.4 is 16.0 Å². The van der Waals surface area contributed by atoms with Gasteiger partial charge >= 0.3 is 18.0 Å². The number of rotatable bonds is 9. The van der Waals surface area contributed by atoms with Crippen molar-refractivity contribution in [3.05, 3.63) is 65.4 Å². The van der Waals surface area contributed by atoms with Gasteiger partial charge in [0.1, 0.15) is 0 Å². The van der Waals surface area contributed by atoms with E-state index in [0.717, 1.165) is 11.3 Å². The molecule has 3 N–H and O–H groups in total. The number of allylic oxidation sites excluding steroid dienone is 1. The molecule has 0 aliphatic carbocycles. The Kier molecular flexibility index (Phi) is 9.41. The van der Waals surface area contributed by atoms with Gasteiger partial charge < -0.3 is 20.7 Å². The van der Waals surface area contributed by atoms with Crippen molar-refractivity contribution in [2.75, 3.05) is 30.0 Å². The topological polar surface area (TPSA) is 99.8 Å². The lowest BCUT2D eigenvalue weighted by Crippen LogP contribution is -2.48. The zero-order valence-corrected chi connectivity index (χ0v) is 22.2. The first-order chi connectivity index (χ1) is 17.2. The number of urea groups is 2. The van der Waals surface area contributed by atoms with Crippen LogP contribution in [0.5, 0.6) is 0 Å². The van der Waals surface area contributed by atoms with Crippen LogP contribution >= 0.6 is 11.8 Å². The quantitative estimate of drug-likeness (QED) is 0.284. The Morgan fingerprint density at radius 1 is 1.06 bits per heavy atom. The van der Waals surface area contributed by atoms with Gasteiger partial charge in [-0.25, -0.2) is 14.4 Å². The number of nitrogens with one attached hydrogen (secondary N) is 3. The van der Waals surface area contributed by atoms with Gasteiger partial charge in [-0.05, 0) is 67.5 Å². The fourth-order valence-corrected chi connectivity index (χ4v) is 4.24.